The maximum Gasteiger partial charge on any atom is 0.170 e. The molecule has 0 saturated heterocycles. The van der Waals surface area contributed by atoms with Crippen LogP contribution < -0.4 is 10.5 Å². The Labute approximate surface area is 160 Å². The van der Waals surface area contributed by atoms with Crippen molar-refractivity contribution in [1.29, 1.82) is 0 Å². The van der Waals surface area contributed by atoms with Crippen molar-refractivity contribution < 1.29 is 23.8 Å². The highest BCUT2D eigenvalue weighted by molar-refractivity contribution is 5.99. The molecule has 0 aliphatic carbocycles. The van der Waals surface area contributed by atoms with E-state index in [0.717, 1.165) is 17.7 Å². The summed E-state index contributed by atoms with van der Waals surface area (Å²) >= 11 is 0. The molecule has 0 aliphatic heterocycles. The molecule has 0 aliphatic rings. The zero-order valence-electron chi connectivity index (χ0n) is 15.2. The van der Waals surface area contributed by atoms with Crippen LogP contribution in [0.2, 0.25) is 0 Å². The molecule has 0 fully saturated rings. The van der Waals surface area contributed by atoms with E-state index in [9.17, 15) is 13.9 Å². The fourth-order valence-corrected chi connectivity index (χ4v) is 3.12. The summed E-state index contributed by atoms with van der Waals surface area (Å²) < 4.78 is 33.3. The lowest BCUT2D eigenvalue weighted by molar-refractivity contribution is 0.318. The van der Waals surface area contributed by atoms with Crippen molar-refractivity contribution in [1.82, 2.24) is 0 Å². The normalized spacial score (nSPS) is 11.5. The van der Waals surface area contributed by atoms with Gasteiger partial charge < -0.3 is 20.8 Å². The summed E-state index contributed by atoms with van der Waals surface area (Å²) in [6.07, 6.45) is 0. The van der Waals surface area contributed by atoms with Crippen molar-refractivity contribution in [2.24, 2.45) is 10.9 Å². The lowest BCUT2D eigenvalue weighted by Gasteiger charge is -2.16. The number of hydrogen-bond donors (Lipinski definition) is 3. The van der Waals surface area contributed by atoms with Crippen LogP contribution in [0.1, 0.15) is 11.1 Å². The first-order valence-electron chi connectivity index (χ1n) is 8.30. The van der Waals surface area contributed by atoms with Gasteiger partial charge in [-0.3, -0.25) is 0 Å². The second-order valence-corrected chi connectivity index (χ2v) is 6.27. The van der Waals surface area contributed by atoms with E-state index in [-0.39, 0.29) is 22.9 Å². The van der Waals surface area contributed by atoms with Gasteiger partial charge >= 0.3 is 0 Å². The molecule has 0 heterocycles. The Morgan fingerprint density at radius 1 is 1.00 bits per heavy atom. The fourth-order valence-electron chi connectivity index (χ4n) is 3.12. The quantitative estimate of drug-likeness (QED) is 0.269. The second kappa shape index (κ2) is 7.56. The van der Waals surface area contributed by atoms with Gasteiger partial charge in [0.2, 0.25) is 0 Å². The molecule has 0 atom stereocenters. The van der Waals surface area contributed by atoms with Crippen molar-refractivity contribution in [2.45, 2.75) is 6.92 Å². The van der Waals surface area contributed by atoms with Crippen molar-refractivity contribution in [3.8, 4) is 33.8 Å². The van der Waals surface area contributed by atoms with E-state index < -0.39 is 11.6 Å². The van der Waals surface area contributed by atoms with Crippen molar-refractivity contribution in [2.75, 3.05) is 7.11 Å². The minimum Gasteiger partial charge on any atom is -0.508 e. The molecule has 0 saturated carbocycles. The van der Waals surface area contributed by atoms with Gasteiger partial charge in [0.25, 0.3) is 0 Å². The van der Waals surface area contributed by atoms with Gasteiger partial charge in [-0.15, -0.1) is 0 Å². The molecule has 7 heteroatoms. The van der Waals surface area contributed by atoms with E-state index in [1.165, 1.54) is 19.2 Å². The molecular formula is C21H18F2N2O3. The van der Waals surface area contributed by atoms with E-state index in [1.54, 1.807) is 18.2 Å². The first-order chi connectivity index (χ1) is 13.3. The molecule has 0 aromatic heterocycles. The summed E-state index contributed by atoms with van der Waals surface area (Å²) in [6, 6.07) is 11.6. The van der Waals surface area contributed by atoms with Crippen molar-refractivity contribution in [3.63, 3.8) is 0 Å². The van der Waals surface area contributed by atoms with Crippen molar-refractivity contribution >= 4 is 5.84 Å². The van der Waals surface area contributed by atoms with Gasteiger partial charge in [-0.25, -0.2) is 8.78 Å². The van der Waals surface area contributed by atoms with E-state index in [4.69, 9.17) is 15.7 Å². The third-order valence-electron chi connectivity index (χ3n) is 4.30. The SMILES string of the molecule is COc1c(F)cc(F)cc1-c1cc(O)ccc1-c1cc(C)cc(C(N)=NO)c1. The zero-order chi connectivity index (χ0) is 20.4. The molecule has 3 rings (SSSR count). The van der Waals surface area contributed by atoms with Crippen LogP contribution in [0.15, 0.2) is 53.7 Å². The predicted octanol–water partition coefficient (Wildman–Crippen LogP) is 4.42. The summed E-state index contributed by atoms with van der Waals surface area (Å²) in [5.41, 5.74) is 8.77. The van der Waals surface area contributed by atoms with Crippen LogP contribution in [-0.2, 0) is 0 Å². The van der Waals surface area contributed by atoms with Crippen molar-refractivity contribution in [3.05, 3.63) is 71.3 Å². The Bertz CT molecular complexity index is 1080. The summed E-state index contributed by atoms with van der Waals surface area (Å²) in [7, 11) is 1.28. The van der Waals surface area contributed by atoms with Gasteiger partial charge in [-0.05, 0) is 59.5 Å². The summed E-state index contributed by atoms with van der Waals surface area (Å²) in [5.74, 6) is -1.91. The number of nitrogens with zero attached hydrogens (tertiary/aromatic N) is 1. The maximum absolute atomic E-state index is 14.2. The number of methoxy groups -OCH3 is 1. The van der Waals surface area contributed by atoms with Gasteiger partial charge in [0.05, 0.1) is 7.11 Å². The molecule has 0 amide bonds. The lowest BCUT2D eigenvalue weighted by Crippen LogP contribution is -2.13. The number of phenolic OH excluding ortho intramolecular Hbond substituents is 1. The van der Waals surface area contributed by atoms with Crippen LogP contribution in [-0.4, -0.2) is 23.3 Å². The molecule has 0 radical (unpaired) electrons. The number of ether oxygens (including phenoxy) is 1. The molecule has 3 aromatic rings. The zero-order valence-corrected chi connectivity index (χ0v) is 15.2. The monoisotopic (exact) mass is 384 g/mol. The molecule has 28 heavy (non-hydrogen) atoms. The van der Waals surface area contributed by atoms with Crippen LogP contribution in [0.3, 0.4) is 0 Å². The highest BCUT2D eigenvalue weighted by Crippen LogP contribution is 2.41. The van der Waals surface area contributed by atoms with E-state index in [1.807, 2.05) is 13.0 Å². The smallest absolute Gasteiger partial charge is 0.170 e. The summed E-state index contributed by atoms with van der Waals surface area (Å²) in [6.45, 7) is 1.83. The number of phenols is 1. The minimum absolute atomic E-state index is 0.0698. The number of aromatic hydroxyl groups is 1. The number of amidine groups is 1. The topological polar surface area (TPSA) is 88.1 Å². The Morgan fingerprint density at radius 2 is 1.75 bits per heavy atom. The Hall–Kier alpha value is -3.61. The minimum atomic E-state index is -0.853. The van der Waals surface area contributed by atoms with E-state index in [2.05, 4.69) is 5.16 Å². The summed E-state index contributed by atoms with van der Waals surface area (Å²) in [4.78, 5) is 0. The van der Waals surface area contributed by atoms with Crippen LogP contribution in [0.25, 0.3) is 22.3 Å². The van der Waals surface area contributed by atoms with Crippen LogP contribution in [0, 0.1) is 18.6 Å². The standard InChI is InChI=1S/C21H18F2N2O3/c1-11-5-12(7-13(6-11)21(24)25-27)16-4-3-15(26)10-17(16)18-8-14(22)9-19(23)20(18)28-2/h3-10,26-27H,1-2H3,(H2,24,25). The molecule has 4 N–H and O–H groups in total. The Kier molecular flexibility index (Phi) is 5.17. The summed E-state index contributed by atoms with van der Waals surface area (Å²) in [5, 5.41) is 22.0. The highest BCUT2D eigenvalue weighted by Gasteiger charge is 2.18. The number of oxime groups is 1. The lowest BCUT2D eigenvalue weighted by atomic mass is 9.91. The third-order valence-corrected chi connectivity index (χ3v) is 4.30. The number of halogens is 2. The van der Waals surface area contributed by atoms with Gasteiger partial charge in [-0.2, -0.15) is 0 Å². The molecule has 0 bridgehead atoms. The molecule has 144 valence electrons. The van der Waals surface area contributed by atoms with E-state index in [0.29, 0.717) is 22.3 Å². The van der Waals surface area contributed by atoms with Crippen LogP contribution >= 0.6 is 0 Å². The second-order valence-electron chi connectivity index (χ2n) is 6.27. The number of aryl methyl sites for hydroxylation is 1. The first kappa shape index (κ1) is 19.2. The number of nitrogens with two attached hydrogens (primary N) is 1. The van der Waals surface area contributed by atoms with Crippen LogP contribution in [0.5, 0.6) is 11.5 Å². The van der Waals surface area contributed by atoms with Gasteiger partial charge in [0.15, 0.2) is 17.4 Å². The van der Waals surface area contributed by atoms with E-state index >= 15 is 0 Å². The number of benzene rings is 3. The predicted molar refractivity (Wildman–Crippen MR) is 103 cm³/mol. The first-order valence-corrected chi connectivity index (χ1v) is 8.30. The van der Waals surface area contributed by atoms with Gasteiger partial charge in [-0.1, -0.05) is 17.3 Å². The average Bonchev–Trinajstić information content (AvgIpc) is 2.66. The highest BCUT2D eigenvalue weighted by atomic mass is 19.1. The Morgan fingerprint density at radius 3 is 2.43 bits per heavy atom. The molecule has 0 spiro atoms. The number of rotatable bonds is 4. The average molecular weight is 384 g/mol. The molecule has 5 nitrogen and oxygen atoms in total. The molecular weight excluding hydrogens is 366 g/mol. The van der Waals surface area contributed by atoms with Crippen LogP contribution in [0.4, 0.5) is 8.78 Å². The number of hydrogen-bond acceptors (Lipinski definition) is 4. The van der Waals surface area contributed by atoms with Gasteiger partial charge in [0, 0.05) is 17.2 Å². The maximum atomic E-state index is 14.2. The molecule has 0 unspecified atom stereocenters. The Balaban J connectivity index is 2.32. The third kappa shape index (κ3) is 3.59. The molecule has 3 aromatic carbocycles. The fraction of sp³-hybridized carbons (Fsp3) is 0.0952. The van der Waals surface area contributed by atoms with Gasteiger partial charge in [0.1, 0.15) is 11.6 Å². The largest absolute Gasteiger partial charge is 0.508 e.